The van der Waals surface area contributed by atoms with Crippen molar-refractivity contribution in [3.8, 4) is 5.75 Å². The van der Waals surface area contributed by atoms with Gasteiger partial charge in [-0.05, 0) is 41.8 Å². The molecular weight excluding hydrogens is 436 g/mol. The lowest BCUT2D eigenvalue weighted by Crippen LogP contribution is -2.42. The summed E-state index contributed by atoms with van der Waals surface area (Å²) in [5, 5.41) is 0. The standard InChI is InChI=1S/C26H30N2O4S/c1-3-18-32-25-16-14-24(15-17-25)28(33(2,30)31)21-26(29)27(19-22-10-6-4-7-11-22)20-23-12-8-5-9-13-23/h4-17H,3,18-21H2,1-2H3. The van der Waals surface area contributed by atoms with Crippen LogP contribution >= 0.6 is 0 Å². The second-order valence-corrected chi connectivity index (χ2v) is 9.74. The Morgan fingerprint density at radius 3 is 1.79 bits per heavy atom. The Morgan fingerprint density at radius 2 is 1.33 bits per heavy atom. The lowest BCUT2D eigenvalue weighted by Gasteiger charge is -2.28. The van der Waals surface area contributed by atoms with E-state index in [1.165, 1.54) is 0 Å². The Morgan fingerprint density at radius 1 is 0.818 bits per heavy atom. The van der Waals surface area contributed by atoms with E-state index in [0.717, 1.165) is 28.1 Å². The van der Waals surface area contributed by atoms with Gasteiger partial charge in [0.1, 0.15) is 12.3 Å². The van der Waals surface area contributed by atoms with Crippen molar-refractivity contribution in [2.24, 2.45) is 0 Å². The fourth-order valence-corrected chi connectivity index (χ4v) is 4.24. The molecule has 174 valence electrons. The van der Waals surface area contributed by atoms with Gasteiger partial charge in [0.25, 0.3) is 0 Å². The van der Waals surface area contributed by atoms with Crippen LogP contribution in [-0.2, 0) is 27.9 Å². The van der Waals surface area contributed by atoms with Crippen molar-refractivity contribution in [1.29, 1.82) is 0 Å². The van der Waals surface area contributed by atoms with Crippen LogP contribution in [0.25, 0.3) is 0 Å². The third-order valence-corrected chi connectivity index (χ3v) is 6.20. The Balaban J connectivity index is 1.83. The predicted molar refractivity (Wildman–Crippen MR) is 132 cm³/mol. The molecule has 0 aliphatic rings. The Hall–Kier alpha value is -3.32. The normalized spacial score (nSPS) is 11.1. The van der Waals surface area contributed by atoms with Gasteiger partial charge in [0.2, 0.25) is 15.9 Å². The number of ether oxygens (including phenoxy) is 1. The maximum Gasteiger partial charge on any atom is 0.243 e. The van der Waals surface area contributed by atoms with Crippen LogP contribution in [-0.4, -0.2) is 38.6 Å². The molecule has 0 aliphatic heterocycles. The van der Waals surface area contributed by atoms with Crippen molar-refractivity contribution in [2.75, 3.05) is 23.7 Å². The van der Waals surface area contributed by atoms with Gasteiger partial charge in [-0.2, -0.15) is 0 Å². The second kappa shape index (κ2) is 11.5. The molecule has 0 bridgehead atoms. The molecule has 3 aromatic carbocycles. The molecule has 0 radical (unpaired) electrons. The molecule has 0 heterocycles. The molecular formula is C26H30N2O4S. The number of amides is 1. The van der Waals surface area contributed by atoms with E-state index in [-0.39, 0.29) is 12.5 Å². The molecule has 0 saturated carbocycles. The summed E-state index contributed by atoms with van der Waals surface area (Å²) in [4.78, 5) is 15.1. The molecule has 0 atom stereocenters. The average molecular weight is 467 g/mol. The quantitative estimate of drug-likeness (QED) is 0.418. The SMILES string of the molecule is CCCOc1ccc(N(CC(=O)N(Cc2ccccc2)Cc2ccccc2)S(C)(=O)=O)cc1. The van der Waals surface area contributed by atoms with E-state index in [1.807, 2.05) is 67.6 Å². The van der Waals surface area contributed by atoms with Crippen molar-refractivity contribution in [3.05, 3.63) is 96.1 Å². The first kappa shape index (κ1) is 24.3. The van der Waals surface area contributed by atoms with Crippen LogP contribution in [0, 0.1) is 0 Å². The summed E-state index contributed by atoms with van der Waals surface area (Å²) in [6, 6.07) is 26.1. The van der Waals surface area contributed by atoms with Gasteiger partial charge in [-0.1, -0.05) is 67.6 Å². The number of sulfonamides is 1. The first-order chi connectivity index (χ1) is 15.9. The van der Waals surface area contributed by atoms with Crippen molar-refractivity contribution in [1.82, 2.24) is 4.90 Å². The van der Waals surface area contributed by atoms with Crippen LogP contribution in [0.2, 0.25) is 0 Å². The summed E-state index contributed by atoms with van der Waals surface area (Å²) >= 11 is 0. The third-order valence-electron chi connectivity index (χ3n) is 5.06. The maximum atomic E-state index is 13.4. The van der Waals surface area contributed by atoms with E-state index >= 15 is 0 Å². The number of hydrogen-bond acceptors (Lipinski definition) is 4. The van der Waals surface area contributed by atoms with Gasteiger partial charge in [-0.15, -0.1) is 0 Å². The van der Waals surface area contributed by atoms with Crippen LogP contribution in [0.4, 0.5) is 5.69 Å². The third kappa shape index (κ3) is 7.36. The molecule has 3 aromatic rings. The van der Waals surface area contributed by atoms with Crippen molar-refractivity contribution in [2.45, 2.75) is 26.4 Å². The minimum atomic E-state index is -3.68. The summed E-state index contributed by atoms with van der Waals surface area (Å²) < 4.78 is 31.9. The molecule has 0 fully saturated rings. The van der Waals surface area contributed by atoms with Gasteiger partial charge in [0, 0.05) is 13.1 Å². The lowest BCUT2D eigenvalue weighted by atomic mass is 10.1. The maximum absolute atomic E-state index is 13.4. The van der Waals surface area contributed by atoms with Crippen LogP contribution in [0.1, 0.15) is 24.5 Å². The zero-order chi connectivity index (χ0) is 23.7. The summed E-state index contributed by atoms with van der Waals surface area (Å²) in [6.07, 6.45) is 1.99. The Kier molecular flexibility index (Phi) is 8.49. The molecule has 1 amide bonds. The topological polar surface area (TPSA) is 66.9 Å². The smallest absolute Gasteiger partial charge is 0.243 e. The van der Waals surface area contributed by atoms with Crippen LogP contribution in [0.3, 0.4) is 0 Å². The van der Waals surface area contributed by atoms with Gasteiger partial charge in [0.05, 0.1) is 18.6 Å². The Bertz CT molecular complexity index is 1080. The molecule has 0 saturated heterocycles. The summed E-state index contributed by atoms with van der Waals surface area (Å²) in [5.74, 6) is 0.384. The molecule has 0 aliphatic carbocycles. The van der Waals surface area contributed by atoms with Crippen LogP contribution in [0.5, 0.6) is 5.75 Å². The lowest BCUT2D eigenvalue weighted by molar-refractivity contribution is -0.130. The summed E-state index contributed by atoms with van der Waals surface area (Å²) in [6.45, 7) is 3.09. The highest BCUT2D eigenvalue weighted by molar-refractivity contribution is 7.92. The zero-order valence-electron chi connectivity index (χ0n) is 19.1. The molecule has 0 N–H and O–H groups in total. The highest BCUT2D eigenvalue weighted by atomic mass is 32.2. The van der Waals surface area contributed by atoms with Gasteiger partial charge in [-0.3, -0.25) is 9.10 Å². The van der Waals surface area contributed by atoms with Gasteiger partial charge < -0.3 is 9.64 Å². The number of anilines is 1. The van der Waals surface area contributed by atoms with E-state index in [9.17, 15) is 13.2 Å². The number of nitrogens with zero attached hydrogens (tertiary/aromatic N) is 2. The van der Waals surface area contributed by atoms with Gasteiger partial charge >= 0.3 is 0 Å². The van der Waals surface area contributed by atoms with E-state index < -0.39 is 10.0 Å². The number of rotatable bonds is 11. The molecule has 0 unspecified atom stereocenters. The average Bonchev–Trinajstić information content (AvgIpc) is 2.82. The number of hydrogen-bond donors (Lipinski definition) is 0. The first-order valence-corrected chi connectivity index (χ1v) is 12.8. The van der Waals surface area contributed by atoms with E-state index in [4.69, 9.17) is 4.74 Å². The largest absolute Gasteiger partial charge is 0.494 e. The van der Waals surface area contributed by atoms with Crippen LogP contribution in [0.15, 0.2) is 84.9 Å². The molecule has 3 rings (SSSR count). The highest BCUT2D eigenvalue weighted by Gasteiger charge is 2.24. The zero-order valence-corrected chi connectivity index (χ0v) is 19.9. The number of benzene rings is 3. The summed E-state index contributed by atoms with van der Waals surface area (Å²) in [7, 11) is -3.68. The molecule has 0 aromatic heterocycles. The van der Waals surface area contributed by atoms with E-state index in [2.05, 4.69) is 0 Å². The second-order valence-electron chi connectivity index (χ2n) is 7.83. The molecule has 0 spiro atoms. The molecule has 7 heteroatoms. The fourth-order valence-electron chi connectivity index (χ4n) is 3.39. The van der Waals surface area contributed by atoms with E-state index in [0.29, 0.717) is 31.1 Å². The van der Waals surface area contributed by atoms with Crippen LogP contribution < -0.4 is 9.04 Å². The van der Waals surface area contributed by atoms with Crippen molar-refractivity contribution < 1.29 is 17.9 Å². The minimum absolute atomic E-state index is 0.278. The first-order valence-electron chi connectivity index (χ1n) is 10.9. The number of carbonyl (C=O) groups is 1. The predicted octanol–water partition coefficient (Wildman–Crippen LogP) is 4.47. The number of carbonyl (C=O) groups excluding carboxylic acids is 1. The minimum Gasteiger partial charge on any atom is -0.494 e. The van der Waals surface area contributed by atoms with Crippen molar-refractivity contribution in [3.63, 3.8) is 0 Å². The molecule has 6 nitrogen and oxygen atoms in total. The van der Waals surface area contributed by atoms with Gasteiger partial charge in [-0.25, -0.2) is 8.42 Å². The molecule has 33 heavy (non-hydrogen) atoms. The monoisotopic (exact) mass is 466 g/mol. The highest BCUT2D eigenvalue weighted by Crippen LogP contribution is 2.22. The summed E-state index contributed by atoms with van der Waals surface area (Å²) in [5.41, 5.74) is 2.38. The van der Waals surface area contributed by atoms with Crippen molar-refractivity contribution >= 4 is 21.6 Å². The fraction of sp³-hybridized carbons (Fsp3) is 0.269. The Labute approximate surface area is 196 Å². The van der Waals surface area contributed by atoms with E-state index in [1.54, 1.807) is 29.2 Å². The van der Waals surface area contributed by atoms with Gasteiger partial charge in [0.15, 0.2) is 0 Å².